The molecule has 1 unspecified atom stereocenters. The van der Waals surface area contributed by atoms with Crippen LogP contribution in [0.25, 0.3) is 0 Å². The average Bonchev–Trinajstić information content (AvgIpc) is 2.64. The van der Waals surface area contributed by atoms with Crippen LogP contribution in [-0.4, -0.2) is 58.4 Å². The minimum Gasteiger partial charge on any atom is -0.384 e. The lowest BCUT2D eigenvalue weighted by molar-refractivity contribution is 0.215. The van der Waals surface area contributed by atoms with Gasteiger partial charge in [0.2, 0.25) is 10.0 Å². The van der Waals surface area contributed by atoms with E-state index in [4.69, 9.17) is 4.74 Å². The van der Waals surface area contributed by atoms with Crippen molar-refractivity contribution in [2.75, 3.05) is 39.6 Å². The highest BCUT2D eigenvalue weighted by Crippen LogP contribution is 2.20. The van der Waals surface area contributed by atoms with Gasteiger partial charge in [-0.25, -0.2) is 8.42 Å². The maximum Gasteiger partial charge on any atom is 0.216 e. The van der Waals surface area contributed by atoms with E-state index in [9.17, 15) is 8.42 Å². The smallest absolute Gasteiger partial charge is 0.216 e. The van der Waals surface area contributed by atoms with E-state index >= 15 is 0 Å². The quantitative estimate of drug-likeness (QED) is 0.684. The Kier molecular flexibility index (Phi) is 4.98. The van der Waals surface area contributed by atoms with Crippen molar-refractivity contribution in [1.82, 2.24) is 9.62 Å². The SMILES string of the molecule is CNCC1CCCN1S(=O)(=O)CCOC. The fraction of sp³-hybridized carbons (Fsp3) is 1.00. The van der Waals surface area contributed by atoms with Gasteiger partial charge in [0.05, 0.1) is 12.4 Å². The van der Waals surface area contributed by atoms with Crippen LogP contribution in [0.1, 0.15) is 12.8 Å². The molecule has 0 aromatic heterocycles. The molecular weight excluding hydrogens is 216 g/mol. The first kappa shape index (κ1) is 12.9. The topological polar surface area (TPSA) is 58.6 Å². The Labute approximate surface area is 91.8 Å². The average molecular weight is 236 g/mol. The highest BCUT2D eigenvalue weighted by atomic mass is 32.2. The second kappa shape index (κ2) is 5.79. The minimum absolute atomic E-state index is 0.0870. The largest absolute Gasteiger partial charge is 0.384 e. The van der Waals surface area contributed by atoms with Gasteiger partial charge in [0.1, 0.15) is 0 Å². The van der Waals surface area contributed by atoms with Crippen molar-refractivity contribution >= 4 is 10.0 Å². The maximum atomic E-state index is 11.9. The van der Waals surface area contributed by atoms with Gasteiger partial charge in [0, 0.05) is 26.2 Å². The van der Waals surface area contributed by atoms with E-state index < -0.39 is 10.0 Å². The van der Waals surface area contributed by atoms with Crippen LogP contribution in [0.4, 0.5) is 0 Å². The van der Waals surface area contributed by atoms with Gasteiger partial charge in [-0.15, -0.1) is 0 Å². The molecule has 1 atom stereocenters. The number of methoxy groups -OCH3 is 1. The summed E-state index contributed by atoms with van der Waals surface area (Å²) in [6.45, 7) is 1.65. The Bertz CT molecular complexity index is 279. The number of hydrogen-bond acceptors (Lipinski definition) is 4. The van der Waals surface area contributed by atoms with Crippen molar-refractivity contribution < 1.29 is 13.2 Å². The van der Waals surface area contributed by atoms with E-state index in [1.165, 1.54) is 7.11 Å². The molecule has 1 rings (SSSR count). The van der Waals surface area contributed by atoms with E-state index in [-0.39, 0.29) is 18.4 Å². The molecular formula is C9H20N2O3S. The number of rotatable bonds is 6. The van der Waals surface area contributed by atoms with Crippen molar-refractivity contribution in [2.45, 2.75) is 18.9 Å². The molecule has 90 valence electrons. The number of sulfonamides is 1. The zero-order valence-electron chi connectivity index (χ0n) is 9.40. The second-order valence-corrected chi connectivity index (χ2v) is 5.81. The molecule has 1 aliphatic rings. The zero-order valence-corrected chi connectivity index (χ0v) is 10.2. The van der Waals surface area contributed by atoms with E-state index in [0.717, 1.165) is 19.4 Å². The molecule has 1 aliphatic heterocycles. The minimum atomic E-state index is -3.13. The van der Waals surface area contributed by atoms with Crippen molar-refractivity contribution in [3.8, 4) is 0 Å². The Morgan fingerprint density at radius 3 is 2.87 bits per heavy atom. The third kappa shape index (κ3) is 3.41. The molecule has 0 aromatic carbocycles. The Balaban J connectivity index is 2.60. The van der Waals surface area contributed by atoms with Gasteiger partial charge in [-0.1, -0.05) is 0 Å². The van der Waals surface area contributed by atoms with Gasteiger partial charge < -0.3 is 10.1 Å². The number of likely N-dealkylation sites (N-methyl/N-ethyl adjacent to an activating group) is 1. The van der Waals surface area contributed by atoms with Crippen LogP contribution in [0.5, 0.6) is 0 Å². The molecule has 0 aromatic rings. The Morgan fingerprint density at radius 2 is 2.27 bits per heavy atom. The number of ether oxygens (including phenoxy) is 1. The van der Waals surface area contributed by atoms with Gasteiger partial charge in [-0.05, 0) is 19.9 Å². The van der Waals surface area contributed by atoms with Crippen LogP contribution in [0.15, 0.2) is 0 Å². The molecule has 1 fully saturated rings. The first-order chi connectivity index (χ1) is 7.11. The predicted octanol–water partition coefficient (Wildman–Crippen LogP) is -0.354. The first-order valence-corrected chi connectivity index (χ1v) is 6.86. The standard InChI is InChI=1S/C9H20N2O3S/c1-10-8-9-4-3-5-11(9)15(12,13)7-6-14-2/h9-10H,3-8H2,1-2H3. The van der Waals surface area contributed by atoms with Gasteiger partial charge >= 0.3 is 0 Å². The zero-order chi connectivity index (χ0) is 11.3. The summed E-state index contributed by atoms with van der Waals surface area (Å²) in [5, 5.41) is 3.03. The van der Waals surface area contributed by atoms with E-state index in [1.54, 1.807) is 4.31 Å². The molecule has 6 heteroatoms. The van der Waals surface area contributed by atoms with Gasteiger partial charge in [0.15, 0.2) is 0 Å². The van der Waals surface area contributed by atoms with Gasteiger partial charge in [-0.3, -0.25) is 0 Å². The van der Waals surface area contributed by atoms with Crippen LogP contribution in [0.2, 0.25) is 0 Å². The highest BCUT2D eigenvalue weighted by molar-refractivity contribution is 7.89. The second-order valence-electron chi connectivity index (χ2n) is 3.77. The summed E-state index contributed by atoms with van der Waals surface area (Å²) >= 11 is 0. The Hall–Kier alpha value is -0.170. The molecule has 1 heterocycles. The molecule has 1 N–H and O–H groups in total. The lowest BCUT2D eigenvalue weighted by atomic mass is 10.2. The third-order valence-electron chi connectivity index (χ3n) is 2.67. The van der Waals surface area contributed by atoms with Crippen LogP contribution in [0.3, 0.4) is 0 Å². The molecule has 1 saturated heterocycles. The van der Waals surface area contributed by atoms with E-state index in [0.29, 0.717) is 6.54 Å². The molecule has 0 radical (unpaired) electrons. The molecule has 0 aliphatic carbocycles. The fourth-order valence-electron chi connectivity index (χ4n) is 1.92. The summed E-state index contributed by atoms with van der Waals surface area (Å²) in [7, 11) is 0.239. The lowest BCUT2D eigenvalue weighted by Gasteiger charge is -2.23. The van der Waals surface area contributed by atoms with E-state index in [2.05, 4.69) is 5.32 Å². The van der Waals surface area contributed by atoms with Crippen molar-refractivity contribution in [3.63, 3.8) is 0 Å². The summed E-state index contributed by atoms with van der Waals surface area (Å²) in [5.74, 6) is 0.0870. The molecule has 0 saturated carbocycles. The van der Waals surface area contributed by atoms with Crippen molar-refractivity contribution in [2.24, 2.45) is 0 Å². The van der Waals surface area contributed by atoms with Crippen molar-refractivity contribution in [1.29, 1.82) is 0 Å². The van der Waals surface area contributed by atoms with Crippen LogP contribution < -0.4 is 5.32 Å². The maximum absolute atomic E-state index is 11.9. The molecule has 0 amide bonds. The fourth-order valence-corrected chi connectivity index (χ4v) is 3.57. The highest BCUT2D eigenvalue weighted by Gasteiger charge is 2.33. The number of nitrogens with zero attached hydrogens (tertiary/aromatic N) is 1. The monoisotopic (exact) mass is 236 g/mol. The lowest BCUT2D eigenvalue weighted by Crippen LogP contribution is -2.42. The van der Waals surface area contributed by atoms with Crippen LogP contribution >= 0.6 is 0 Å². The Morgan fingerprint density at radius 1 is 1.53 bits per heavy atom. The van der Waals surface area contributed by atoms with E-state index in [1.807, 2.05) is 7.05 Å². The summed E-state index contributed by atoms with van der Waals surface area (Å²) in [5.41, 5.74) is 0. The first-order valence-electron chi connectivity index (χ1n) is 5.25. The summed E-state index contributed by atoms with van der Waals surface area (Å²) in [6.07, 6.45) is 1.91. The van der Waals surface area contributed by atoms with Crippen molar-refractivity contribution in [3.05, 3.63) is 0 Å². The van der Waals surface area contributed by atoms with Crippen LogP contribution in [0, 0.1) is 0 Å². The summed E-state index contributed by atoms with van der Waals surface area (Å²) < 4.78 is 30.2. The molecule has 5 nitrogen and oxygen atoms in total. The molecule has 0 spiro atoms. The number of nitrogens with one attached hydrogen (secondary N) is 1. The number of hydrogen-bond donors (Lipinski definition) is 1. The predicted molar refractivity (Wildman–Crippen MR) is 59.3 cm³/mol. The summed E-state index contributed by atoms with van der Waals surface area (Å²) in [4.78, 5) is 0. The van der Waals surface area contributed by atoms with Crippen LogP contribution in [-0.2, 0) is 14.8 Å². The summed E-state index contributed by atoms with van der Waals surface area (Å²) in [6, 6.07) is 0.122. The van der Waals surface area contributed by atoms with Gasteiger partial charge in [0.25, 0.3) is 0 Å². The normalized spacial score (nSPS) is 23.5. The third-order valence-corrected chi connectivity index (χ3v) is 4.54. The molecule has 0 bridgehead atoms. The van der Waals surface area contributed by atoms with Gasteiger partial charge in [-0.2, -0.15) is 4.31 Å². The molecule has 15 heavy (non-hydrogen) atoms.